The molecule has 146 valence electrons. The molecule has 1 N–H and O–H groups in total. The van der Waals surface area contributed by atoms with Gasteiger partial charge in [-0.3, -0.25) is 0 Å². The maximum absolute atomic E-state index is 14.3. The van der Waals surface area contributed by atoms with Crippen LogP contribution in [0, 0.1) is 11.7 Å². The lowest BCUT2D eigenvalue weighted by Gasteiger charge is -2.33. The highest BCUT2D eigenvalue weighted by molar-refractivity contribution is 5.68. The predicted octanol–water partition coefficient (Wildman–Crippen LogP) is 4.91. The average Bonchev–Trinajstić information content (AvgIpc) is 2.54. The Labute approximate surface area is 157 Å². The van der Waals surface area contributed by atoms with Crippen molar-refractivity contribution in [2.45, 2.75) is 71.4 Å². The fourth-order valence-electron chi connectivity index (χ4n) is 3.53. The van der Waals surface area contributed by atoms with E-state index in [2.05, 4.69) is 5.32 Å². The van der Waals surface area contributed by atoms with Gasteiger partial charge in [0.1, 0.15) is 11.4 Å². The molecule has 0 aliphatic heterocycles. The number of amides is 1. The number of nitrogens with one attached hydrogen (secondary N) is 1. The van der Waals surface area contributed by atoms with Gasteiger partial charge in [0, 0.05) is 19.6 Å². The molecular weight excluding hydrogens is 331 g/mol. The quantitative estimate of drug-likeness (QED) is 0.807. The van der Waals surface area contributed by atoms with Crippen LogP contribution in [0.5, 0.6) is 0 Å². The Balaban J connectivity index is 1.80. The molecule has 1 aliphatic carbocycles. The summed E-state index contributed by atoms with van der Waals surface area (Å²) in [5.41, 5.74) is 1.21. The van der Waals surface area contributed by atoms with Crippen LogP contribution < -0.4 is 10.2 Å². The predicted molar refractivity (Wildman–Crippen MR) is 104 cm³/mol. The van der Waals surface area contributed by atoms with Gasteiger partial charge in [0.25, 0.3) is 0 Å². The van der Waals surface area contributed by atoms with Gasteiger partial charge in [-0.05, 0) is 76.5 Å². The van der Waals surface area contributed by atoms with Gasteiger partial charge in [0.2, 0.25) is 0 Å². The number of carbonyl (C=O) groups excluding carboxylic acids is 1. The van der Waals surface area contributed by atoms with E-state index in [9.17, 15) is 9.18 Å². The number of ether oxygens (including phenoxy) is 1. The molecule has 0 unspecified atom stereocenters. The summed E-state index contributed by atoms with van der Waals surface area (Å²) in [7, 11) is 1.95. The number of alkyl carbamates (subject to hydrolysis) is 1. The number of rotatable bonds is 5. The highest BCUT2D eigenvalue weighted by Crippen LogP contribution is 2.28. The van der Waals surface area contributed by atoms with E-state index in [-0.39, 0.29) is 18.0 Å². The Hall–Kier alpha value is -1.78. The minimum absolute atomic E-state index is 0.146. The molecular formula is C21H33FN2O2. The lowest BCUT2D eigenvalue weighted by molar-refractivity contribution is 0.0487. The normalized spacial score (nSPS) is 20.5. The summed E-state index contributed by atoms with van der Waals surface area (Å²) in [5.74, 6) is 0.370. The largest absolute Gasteiger partial charge is 0.444 e. The molecule has 0 bridgehead atoms. The van der Waals surface area contributed by atoms with Crippen LogP contribution in [0.15, 0.2) is 18.2 Å². The molecule has 1 aromatic carbocycles. The molecule has 1 aliphatic rings. The fourth-order valence-corrected chi connectivity index (χ4v) is 3.53. The molecule has 0 spiro atoms. The van der Waals surface area contributed by atoms with Gasteiger partial charge in [0.05, 0.1) is 5.69 Å². The molecule has 26 heavy (non-hydrogen) atoms. The number of hydrogen-bond acceptors (Lipinski definition) is 3. The highest BCUT2D eigenvalue weighted by atomic mass is 19.1. The molecule has 0 atom stereocenters. The zero-order valence-electron chi connectivity index (χ0n) is 16.8. The zero-order valence-corrected chi connectivity index (χ0v) is 16.8. The smallest absolute Gasteiger partial charge is 0.407 e. The Morgan fingerprint density at radius 1 is 1.27 bits per heavy atom. The first kappa shape index (κ1) is 20.5. The van der Waals surface area contributed by atoms with Crippen LogP contribution in [0.4, 0.5) is 14.9 Å². The standard InChI is InChI=1S/C21H33FN2O2/c1-6-15-9-12-19(18(22)13-15)24(5)14-16-7-10-17(11-8-16)23-20(25)26-21(2,3)4/h9,12-13,16-17H,6-8,10-11,14H2,1-5H3,(H,23,25). The minimum atomic E-state index is -0.471. The van der Waals surface area contributed by atoms with Gasteiger partial charge in [-0.25, -0.2) is 9.18 Å². The molecule has 0 saturated heterocycles. The number of halogens is 1. The van der Waals surface area contributed by atoms with E-state index in [0.29, 0.717) is 11.6 Å². The summed E-state index contributed by atoms with van der Waals surface area (Å²) in [6.07, 6.45) is 4.44. The Morgan fingerprint density at radius 2 is 1.92 bits per heavy atom. The van der Waals surface area contributed by atoms with Crippen molar-refractivity contribution in [1.29, 1.82) is 0 Å². The fraction of sp³-hybridized carbons (Fsp3) is 0.667. The van der Waals surface area contributed by atoms with Gasteiger partial charge >= 0.3 is 6.09 Å². The maximum atomic E-state index is 14.3. The van der Waals surface area contributed by atoms with Crippen molar-refractivity contribution in [1.82, 2.24) is 5.32 Å². The van der Waals surface area contributed by atoms with Crippen molar-refractivity contribution >= 4 is 11.8 Å². The minimum Gasteiger partial charge on any atom is -0.444 e. The second-order valence-corrected chi connectivity index (χ2v) is 8.38. The van der Waals surface area contributed by atoms with E-state index in [4.69, 9.17) is 4.74 Å². The van der Waals surface area contributed by atoms with Crippen LogP contribution in [0.3, 0.4) is 0 Å². The van der Waals surface area contributed by atoms with Crippen LogP contribution >= 0.6 is 0 Å². The number of aryl methyl sites for hydroxylation is 1. The average molecular weight is 365 g/mol. The maximum Gasteiger partial charge on any atom is 0.407 e. The van der Waals surface area contributed by atoms with Gasteiger partial charge in [0.15, 0.2) is 0 Å². The van der Waals surface area contributed by atoms with E-state index < -0.39 is 5.60 Å². The molecule has 1 fully saturated rings. The Kier molecular flexibility index (Phi) is 6.90. The van der Waals surface area contributed by atoms with Gasteiger partial charge in [-0.15, -0.1) is 0 Å². The van der Waals surface area contributed by atoms with Crippen molar-refractivity contribution in [2.75, 3.05) is 18.5 Å². The van der Waals surface area contributed by atoms with E-state index in [1.165, 1.54) is 0 Å². The molecule has 1 saturated carbocycles. The first-order valence-corrected chi connectivity index (χ1v) is 9.67. The second kappa shape index (κ2) is 8.74. The molecule has 0 aromatic heterocycles. The third-order valence-corrected chi connectivity index (χ3v) is 4.93. The van der Waals surface area contributed by atoms with Gasteiger partial charge in [-0.2, -0.15) is 0 Å². The van der Waals surface area contributed by atoms with Crippen molar-refractivity contribution in [2.24, 2.45) is 5.92 Å². The van der Waals surface area contributed by atoms with Crippen LogP contribution in [-0.4, -0.2) is 31.3 Å². The second-order valence-electron chi connectivity index (χ2n) is 8.38. The Morgan fingerprint density at radius 3 is 2.46 bits per heavy atom. The van der Waals surface area contributed by atoms with Gasteiger partial charge < -0.3 is 15.0 Å². The van der Waals surface area contributed by atoms with Crippen LogP contribution in [0.2, 0.25) is 0 Å². The third-order valence-electron chi connectivity index (χ3n) is 4.93. The number of anilines is 1. The number of nitrogens with zero attached hydrogens (tertiary/aromatic N) is 1. The third kappa shape index (κ3) is 6.19. The highest BCUT2D eigenvalue weighted by Gasteiger charge is 2.25. The van der Waals surface area contributed by atoms with E-state index in [1.807, 2.05) is 51.8 Å². The zero-order chi connectivity index (χ0) is 19.3. The molecule has 1 aromatic rings. The van der Waals surface area contributed by atoms with Crippen molar-refractivity contribution in [3.05, 3.63) is 29.6 Å². The molecule has 1 amide bonds. The SMILES string of the molecule is CCc1ccc(N(C)CC2CCC(NC(=O)OC(C)(C)C)CC2)c(F)c1. The topological polar surface area (TPSA) is 41.6 Å². The number of benzene rings is 1. The van der Waals surface area contributed by atoms with E-state index in [0.717, 1.165) is 44.2 Å². The van der Waals surface area contributed by atoms with Crippen molar-refractivity contribution < 1.29 is 13.9 Å². The summed E-state index contributed by atoms with van der Waals surface area (Å²) < 4.78 is 19.6. The van der Waals surface area contributed by atoms with E-state index >= 15 is 0 Å². The summed E-state index contributed by atoms with van der Waals surface area (Å²) in [5, 5.41) is 2.97. The molecule has 0 radical (unpaired) electrons. The first-order chi connectivity index (χ1) is 12.2. The summed E-state index contributed by atoms with van der Waals surface area (Å²) in [6.45, 7) is 8.46. The Bertz CT molecular complexity index is 605. The molecule has 4 nitrogen and oxygen atoms in total. The van der Waals surface area contributed by atoms with E-state index in [1.54, 1.807) is 6.07 Å². The van der Waals surface area contributed by atoms with Crippen LogP contribution in [0.1, 0.15) is 58.9 Å². The van der Waals surface area contributed by atoms with Crippen molar-refractivity contribution in [3.8, 4) is 0 Å². The van der Waals surface area contributed by atoms with Crippen molar-refractivity contribution in [3.63, 3.8) is 0 Å². The van der Waals surface area contributed by atoms with Crippen LogP contribution in [-0.2, 0) is 11.2 Å². The lowest BCUT2D eigenvalue weighted by atomic mass is 9.85. The molecule has 2 rings (SSSR count). The lowest BCUT2D eigenvalue weighted by Crippen LogP contribution is -2.42. The van der Waals surface area contributed by atoms with Gasteiger partial charge in [-0.1, -0.05) is 13.0 Å². The first-order valence-electron chi connectivity index (χ1n) is 9.67. The summed E-state index contributed by atoms with van der Waals surface area (Å²) in [4.78, 5) is 13.9. The monoisotopic (exact) mass is 364 g/mol. The molecule has 5 heteroatoms. The summed E-state index contributed by atoms with van der Waals surface area (Å²) >= 11 is 0. The van der Waals surface area contributed by atoms with Crippen LogP contribution in [0.25, 0.3) is 0 Å². The summed E-state index contributed by atoms with van der Waals surface area (Å²) in [6, 6.07) is 5.68. The number of carbonyl (C=O) groups is 1. The molecule has 0 heterocycles. The number of hydrogen-bond donors (Lipinski definition) is 1.